The zero-order valence-electron chi connectivity index (χ0n) is 16.8. The predicted molar refractivity (Wildman–Crippen MR) is 116 cm³/mol. The number of hydrogen-bond acceptors (Lipinski definition) is 3. The Kier molecular flexibility index (Phi) is 6.98. The van der Waals surface area contributed by atoms with Crippen molar-refractivity contribution in [1.29, 1.82) is 0 Å². The Morgan fingerprint density at radius 3 is 2.38 bits per heavy atom. The zero-order chi connectivity index (χ0) is 21.0. The van der Waals surface area contributed by atoms with Crippen molar-refractivity contribution in [2.45, 2.75) is 50.5 Å². The second kappa shape index (κ2) is 9.28. The monoisotopic (exact) mass is 434 g/mol. The van der Waals surface area contributed by atoms with Gasteiger partial charge in [-0.05, 0) is 55.5 Å². The highest BCUT2D eigenvalue weighted by Crippen LogP contribution is 2.26. The molecule has 1 N–H and O–H groups in total. The van der Waals surface area contributed by atoms with Crippen LogP contribution in [0.5, 0.6) is 0 Å². The van der Waals surface area contributed by atoms with Gasteiger partial charge >= 0.3 is 0 Å². The number of piperidine rings is 1. The summed E-state index contributed by atoms with van der Waals surface area (Å²) in [5, 5.41) is 3.15. The van der Waals surface area contributed by atoms with E-state index in [1.54, 1.807) is 0 Å². The fourth-order valence-corrected chi connectivity index (χ4v) is 5.24. The average molecular weight is 435 g/mol. The molecular formula is C22H27ClN2O3S. The summed E-state index contributed by atoms with van der Waals surface area (Å²) in [6.07, 6.45) is 3.70. The molecule has 2 aromatic rings. The van der Waals surface area contributed by atoms with Gasteiger partial charge in [0.2, 0.25) is 10.0 Å². The third kappa shape index (κ3) is 5.00. The van der Waals surface area contributed by atoms with Crippen molar-refractivity contribution in [3.63, 3.8) is 0 Å². The van der Waals surface area contributed by atoms with Crippen molar-refractivity contribution in [1.82, 2.24) is 9.62 Å². The van der Waals surface area contributed by atoms with Crippen LogP contribution < -0.4 is 5.32 Å². The fourth-order valence-electron chi connectivity index (χ4n) is 3.49. The summed E-state index contributed by atoms with van der Waals surface area (Å²) in [6, 6.07) is 12.2. The second-order valence-electron chi connectivity index (χ2n) is 7.40. The third-order valence-corrected chi connectivity index (χ3v) is 7.60. The Balaban J connectivity index is 1.80. The van der Waals surface area contributed by atoms with E-state index < -0.39 is 15.9 Å². The first-order valence-electron chi connectivity index (χ1n) is 10.0. The van der Waals surface area contributed by atoms with Crippen molar-refractivity contribution < 1.29 is 13.2 Å². The third-order valence-electron chi connectivity index (χ3n) is 5.37. The van der Waals surface area contributed by atoms with E-state index in [0.717, 1.165) is 31.2 Å². The molecular weight excluding hydrogens is 408 g/mol. The van der Waals surface area contributed by atoms with Crippen LogP contribution in [0, 0.1) is 0 Å². The normalized spacial score (nSPS) is 16.4. The number of carbonyl (C=O) groups excluding carboxylic acids is 1. The standard InChI is InChI=1S/C22H27ClN2O3S/c1-3-17-7-9-18(10-8-17)16(2)24-22(26)20-15-19(11-12-21(20)23)29(27,28)25-13-5-4-6-14-25/h7-12,15-16H,3-6,13-14H2,1-2H3,(H,24,26)/t16-/m1/s1. The number of carbonyl (C=O) groups is 1. The summed E-state index contributed by atoms with van der Waals surface area (Å²) in [4.78, 5) is 12.9. The molecule has 0 spiro atoms. The minimum absolute atomic E-state index is 0.105. The van der Waals surface area contributed by atoms with E-state index in [2.05, 4.69) is 12.2 Å². The van der Waals surface area contributed by atoms with Gasteiger partial charge in [-0.1, -0.05) is 49.2 Å². The van der Waals surface area contributed by atoms with Crippen LogP contribution in [0.4, 0.5) is 0 Å². The minimum atomic E-state index is -3.63. The van der Waals surface area contributed by atoms with Crippen molar-refractivity contribution in [2.24, 2.45) is 0 Å². The largest absolute Gasteiger partial charge is 0.345 e. The van der Waals surface area contributed by atoms with E-state index in [-0.39, 0.29) is 21.5 Å². The van der Waals surface area contributed by atoms with Crippen LogP contribution >= 0.6 is 11.6 Å². The highest BCUT2D eigenvalue weighted by atomic mass is 35.5. The second-order valence-corrected chi connectivity index (χ2v) is 9.74. The van der Waals surface area contributed by atoms with Crippen LogP contribution in [0.1, 0.15) is 60.6 Å². The maximum atomic E-state index is 12.9. The SMILES string of the molecule is CCc1ccc([C@@H](C)NC(=O)c2cc(S(=O)(=O)N3CCCCC3)ccc2Cl)cc1. The Labute approximate surface area is 178 Å². The Morgan fingerprint density at radius 2 is 1.76 bits per heavy atom. The summed E-state index contributed by atoms with van der Waals surface area (Å²) in [7, 11) is -3.63. The zero-order valence-corrected chi connectivity index (χ0v) is 18.4. The Bertz CT molecular complexity index is 968. The predicted octanol–water partition coefficient (Wildman–Crippen LogP) is 4.57. The molecule has 1 saturated heterocycles. The lowest BCUT2D eigenvalue weighted by Crippen LogP contribution is -2.35. The number of rotatable bonds is 6. The molecule has 1 amide bonds. The quantitative estimate of drug-likeness (QED) is 0.724. The topological polar surface area (TPSA) is 66.5 Å². The molecule has 0 aromatic heterocycles. The smallest absolute Gasteiger partial charge is 0.253 e. The molecule has 0 bridgehead atoms. The van der Waals surface area contributed by atoms with E-state index >= 15 is 0 Å². The van der Waals surface area contributed by atoms with Gasteiger partial charge in [0.25, 0.3) is 5.91 Å². The van der Waals surface area contributed by atoms with Gasteiger partial charge in [-0.3, -0.25) is 4.79 Å². The molecule has 1 aliphatic rings. The molecule has 3 rings (SSSR count). The molecule has 29 heavy (non-hydrogen) atoms. The summed E-state index contributed by atoms with van der Waals surface area (Å²) in [5.41, 5.74) is 2.37. The minimum Gasteiger partial charge on any atom is -0.345 e. The van der Waals surface area contributed by atoms with Crippen LogP contribution in [0.15, 0.2) is 47.4 Å². The van der Waals surface area contributed by atoms with Crippen LogP contribution in [0.3, 0.4) is 0 Å². The molecule has 5 nitrogen and oxygen atoms in total. The molecule has 1 fully saturated rings. The molecule has 156 valence electrons. The van der Waals surface area contributed by atoms with Gasteiger partial charge < -0.3 is 5.32 Å². The van der Waals surface area contributed by atoms with Gasteiger partial charge in [-0.25, -0.2) is 8.42 Å². The van der Waals surface area contributed by atoms with Crippen LogP contribution in [0.25, 0.3) is 0 Å². The van der Waals surface area contributed by atoms with E-state index in [1.165, 1.54) is 28.1 Å². The van der Waals surface area contributed by atoms with Gasteiger partial charge in [-0.15, -0.1) is 0 Å². The number of aryl methyl sites for hydroxylation is 1. The van der Waals surface area contributed by atoms with Gasteiger partial charge in [0, 0.05) is 13.1 Å². The molecule has 1 aliphatic heterocycles. The summed E-state index contributed by atoms with van der Waals surface area (Å²) in [5.74, 6) is -0.391. The van der Waals surface area contributed by atoms with Gasteiger partial charge in [0.05, 0.1) is 21.5 Å². The molecule has 2 aromatic carbocycles. The van der Waals surface area contributed by atoms with Crippen LogP contribution in [-0.4, -0.2) is 31.7 Å². The highest BCUT2D eigenvalue weighted by Gasteiger charge is 2.27. The van der Waals surface area contributed by atoms with E-state index in [9.17, 15) is 13.2 Å². The lowest BCUT2D eigenvalue weighted by atomic mass is 10.0. The fraction of sp³-hybridized carbons (Fsp3) is 0.409. The average Bonchev–Trinajstić information content (AvgIpc) is 2.74. The highest BCUT2D eigenvalue weighted by molar-refractivity contribution is 7.89. The number of hydrogen-bond donors (Lipinski definition) is 1. The molecule has 1 heterocycles. The summed E-state index contributed by atoms with van der Waals surface area (Å²) < 4.78 is 27.3. The molecule has 0 unspecified atom stereocenters. The number of halogens is 1. The van der Waals surface area contributed by atoms with Crippen molar-refractivity contribution in [3.05, 3.63) is 64.2 Å². The maximum absolute atomic E-state index is 12.9. The number of sulfonamides is 1. The molecule has 7 heteroatoms. The molecule has 0 aliphatic carbocycles. The first-order valence-corrected chi connectivity index (χ1v) is 11.8. The molecule has 0 saturated carbocycles. The van der Waals surface area contributed by atoms with Crippen LogP contribution in [-0.2, 0) is 16.4 Å². The summed E-state index contributed by atoms with van der Waals surface area (Å²) >= 11 is 6.23. The van der Waals surface area contributed by atoms with Crippen LogP contribution in [0.2, 0.25) is 5.02 Å². The summed E-state index contributed by atoms with van der Waals surface area (Å²) in [6.45, 7) is 5.00. The first-order chi connectivity index (χ1) is 13.8. The number of nitrogens with zero attached hydrogens (tertiary/aromatic N) is 1. The Morgan fingerprint density at radius 1 is 1.10 bits per heavy atom. The van der Waals surface area contributed by atoms with Gasteiger partial charge in [0.1, 0.15) is 0 Å². The van der Waals surface area contributed by atoms with Crippen molar-refractivity contribution in [3.8, 4) is 0 Å². The van der Waals surface area contributed by atoms with Crippen molar-refractivity contribution >= 4 is 27.5 Å². The van der Waals surface area contributed by atoms with Gasteiger partial charge in [-0.2, -0.15) is 4.31 Å². The van der Waals surface area contributed by atoms with E-state index in [1.807, 2.05) is 31.2 Å². The molecule has 1 atom stereocenters. The van der Waals surface area contributed by atoms with E-state index in [0.29, 0.717) is 13.1 Å². The molecule has 0 radical (unpaired) electrons. The van der Waals surface area contributed by atoms with Gasteiger partial charge in [0.15, 0.2) is 0 Å². The first kappa shape index (κ1) is 21.8. The van der Waals surface area contributed by atoms with Crippen molar-refractivity contribution in [2.75, 3.05) is 13.1 Å². The number of amides is 1. The van der Waals surface area contributed by atoms with E-state index in [4.69, 9.17) is 11.6 Å². The lowest BCUT2D eigenvalue weighted by molar-refractivity contribution is 0.0940. The maximum Gasteiger partial charge on any atom is 0.253 e. The lowest BCUT2D eigenvalue weighted by Gasteiger charge is -2.26. The Hall–Kier alpha value is -1.89. The number of benzene rings is 2. The number of nitrogens with one attached hydrogen (secondary N) is 1.